The molecule has 2 aromatic heterocycles. The van der Waals surface area contributed by atoms with Gasteiger partial charge < -0.3 is 16.0 Å². The molecule has 0 amide bonds. The third kappa shape index (κ3) is 1.91. The van der Waals surface area contributed by atoms with Crippen molar-refractivity contribution in [3.63, 3.8) is 0 Å². The highest BCUT2D eigenvalue weighted by atomic mass is 32.1. The average Bonchev–Trinajstić information content (AvgIpc) is 2.75. The first-order valence-corrected chi connectivity index (χ1v) is 6.47. The summed E-state index contributed by atoms with van der Waals surface area (Å²) in [5.74, 6) is 1.19. The number of hydrogen-bond donors (Lipinski definition) is 2. The van der Waals surface area contributed by atoms with Gasteiger partial charge in [0.2, 0.25) is 5.95 Å². The summed E-state index contributed by atoms with van der Waals surface area (Å²) >= 11 is 1.50. The molecule has 7 heteroatoms. The molecule has 1 fully saturated rings. The van der Waals surface area contributed by atoms with Crippen molar-refractivity contribution in [1.82, 2.24) is 20.3 Å². The Labute approximate surface area is 103 Å². The lowest BCUT2D eigenvalue weighted by Gasteiger charge is -2.32. The van der Waals surface area contributed by atoms with Gasteiger partial charge in [0.15, 0.2) is 10.6 Å². The van der Waals surface area contributed by atoms with Gasteiger partial charge >= 0.3 is 0 Å². The van der Waals surface area contributed by atoms with Crippen LogP contribution in [0.25, 0.3) is 10.3 Å². The molecule has 3 heterocycles. The van der Waals surface area contributed by atoms with E-state index in [9.17, 15) is 0 Å². The molecule has 0 spiro atoms. The van der Waals surface area contributed by atoms with Gasteiger partial charge in [0.25, 0.3) is 0 Å². The van der Waals surface area contributed by atoms with Crippen molar-refractivity contribution in [3.05, 3.63) is 5.51 Å². The molecule has 0 aliphatic carbocycles. The Morgan fingerprint density at radius 1 is 1.53 bits per heavy atom. The van der Waals surface area contributed by atoms with Crippen molar-refractivity contribution in [1.29, 1.82) is 0 Å². The van der Waals surface area contributed by atoms with Gasteiger partial charge in [0.05, 0.1) is 5.51 Å². The zero-order valence-corrected chi connectivity index (χ0v) is 10.4. The van der Waals surface area contributed by atoms with Crippen LogP contribution in [0.1, 0.15) is 6.92 Å². The molecule has 0 aromatic carbocycles. The number of piperazine rings is 1. The van der Waals surface area contributed by atoms with Gasteiger partial charge in [-0.1, -0.05) is 0 Å². The molecule has 0 radical (unpaired) electrons. The Balaban J connectivity index is 2.06. The maximum Gasteiger partial charge on any atom is 0.223 e. The minimum Gasteiger partial charge on any atom is -0.368 e. The van der Waals surface area contributed by atoms with Crippen LogP contribution in [0, 0.1) is 0 Å². The van der Waals surface area contributed by atoms with Crippen molar-refractivity contribution in [3.8, 4) is 0 Å². The lowest BCUT2D eigenvalue weighted by molar-refractivity contribution is 0.483. The minimum absolute atomic E-state index is 0.322. The summed E-state index contributed by atoms with van der Waals surface area (Å²) in [6, 6.07) is 0.452. The zero-order valence-electron chi connectivity index (χ0n) is 9.55. The summed E-state index contributed by atoms with van der Waals surface area (Å²) in [7, 11) is 0. The Hall–Kier alpha value is -1.47. The number of hydrogen-bond acceptors (Lipinski definition) is 7. The molecule has 2 aromatic rings. The van der Waals surface area contributed by atoms with Gasteiger partial charge in [-0.2, -0.15) is 4.98 Å². The molecule has 3 rings (SSSR count). The van der Waals surface area contributed by atoms with Gasteiger partial charge in [0, 0.05) is 25.7 Å². The molecule has 1 atom stereocenters. The fraction of sp³-hybridized carbons (Fsp3) is 0.500. The summed E-state index contributed by atoms with van der Waals surface area (Å²) in [6.07, 6.45) is 0. The van der Waals surface area contributed by atoms with Crippen LogP contribution in [-0.4, -0.2) is 40.6 Å². The predicted molar refractivity (Wildman–Crippen MR) is 69.3 cm³/mol. The van der Waals surface area contributed by atoms with Crippen LogP contribution in [0.2, 0.25) is 0 Å². The van der Waals surface area contributed by atoms with Gasteiger partial charge in [-0.25, -0.2) is 9.97 Å². The number of rotatable bonds is 1. The molecular formula is C10H14N6S. The molecule has 90 valence electrons. The van der Waals surface area contributed by atoms with E-state index in [4.69, 9.17) is 5.73 Å². The Bertz CT molecular complexity index is 539. The Morgan fingerprint density at radius 2 is 2.41 bits per heavy atom. The van der Waals surface area contributed by atoms with Crippen LogP contribution in [0.5, 0.6) is 0 Å². The minimum atomic E-state index is 0.322. The Kier molecular flexibility index (Phi) is 2.56. The second-order valence-corrected chi connectivity index (χ2v) is 5.05. The molecule has 0 saturated carbocycles. The van der Waals surface area contributed by atoms with Crippen LogP contribution >= 0.6 is 11.3 Å². The molecule has 1 aliphatic heterocycles. The van der Waals surface area contributed by atoms with Crippen molar-refractivity contribution in [2.45, 2.75) is 13.0 Å². The first kappa shape index (κ1) is 10.7. The summed E-state index contributed by atoms with van der Waals surface area (Å²) in [4.78, 5) is 16.0. The monoisotopic (exact) mass is 250 g/mol. The molecule has 1 aliphatic rings. The van der Waals surface area contributed by atoms with E-state index >= 15 is 0 Å². The zero-order chi connectivity index (χ0) is 11.8. The number of thiazole rings is 1. The smallest absolute Gasteiger partial charge is 0.223 e. The normalized spacial score (nSPS) is 21.0. The molecular weight excluding hydrogens is 236 g/mol. The highest BCUT2D eigenvalue weighted by Crippen LogP contribution is 2.26. The number of nitrogens with zero attached hydrogens (tertiary/aromatic N) is 4. The van der Waals surface area contributed by atoms with Crippen molar-refractivity contribution < 1.29 is 0 Å². The predicted octanol–water partition coefficient (Wildman–Crippen LogP) is 0.467. The molecule has 1 saturated heterocycles. The van der Waals surface area contributed by atoms with Crippen LogP contribution in [-0.2, 0) is 0 Å². The standard InChI is InChI=1S/C10H14N6S/c1-6-4-16(3-2-12-6)8-7-9(17-5-13-7)15-10(11)14-8/h5-6,12H,2-4H2,1H3,(H2,11,14,15). The van der Waals surface area contributed by atoms with Crippen LogP contribution < -0.4 is 16.0 Å². The maximum atomic E-state index is 5.74. The summed E-state index contributed by atoms with van der Waals surface area (Å²) < 4.78 is 0. The van der Waals surface area contributed by atoms with E-state index in [1.165, 1.54) is 11.3 Å². The van der Waals surface area contributed by atoms with E-state index in [-0.39, 0.29) is 0 Å². The van der Waals surface area contributed by atoms with Gasteiger partial charge in [0.1, 0.15) is 5.52 Å². The number of fused-ring (bicyclic) bond motifs is 1. The van der Waals surface area contributed by atoms with Crippen LogP contribution in [0.3, 0.4) is 0 Å². The van der Waals surface area contributed by atoms with E-state index in [2.05, 4.69) is 32.1 Å². The third-order valence-electron chi connectivity index (χ3n) is 2.87. The Morgan fingerprint density at radius 3 is 3.24 bits per heavy atom. The van der Waals surface area contributed by atoms with E-state index < -0.39 is 0 Å². The number of aromatic nitrogens is 3. The highest BCUT2D eigenvalue weighted by Gasteiger charge is 2.20. The summed E-state index contributed by atoms with van der Waals surface area (Å²) in [5, 5.41) is 3.40. The lowest BCUT2D eigenvalue weighted by Crippen LogP contribution is -2.49. The van der Waals surface area contributed by atoms with Crippen LogP contribution in [0.4, 0.5) is 11.8 Å². The van der Waals surface area contributed by atoms with Gasteiger partial charge in [-0.15, -0.1) is 11.3 Å². The molecule has 6 nitrogen and oxygen atoms in total. The van der Waals surface area contributed by atoms with E-state index in [0.29, 0.717) is 12.0 Å². The molecule has 3 N–H and O–H groups in total. The second kappa shape index (κ2) is 4.08. The van der Waals surface area contributed by atoms with Crippen molar-refractivity contribution >= 4 is 33.5 Å². The van der Waals surface area contributed by atoms with Crippen LogP contribution in [0.15, 0.2) is 5.51 Å². The van der Waals surface area contributed by atoms with Gasteiger partial charge in [-0.05, 0) is 6.92 Å². The largest absolute Gasteiger partial charge is 0.368 e. The average molecular weight is 250 g/mol. The molecule has 1 unspecified atom stereocenters. The first-order chi connectivity index (χ1) is 8.24. The summed E-state index contributed by atoms with van der Waals surface area (Å²) in [6.45, 7) is 4.96. The number of nitrogens with one attached hydrogen (secondary N) is 1. The van der Waals surface area contributed by atoms with E-state index in [1.54, 1.807) is 5.51 Å². The summed E-state index contributed by atoms with van der Waals surface area (Å²) in [5.41, 5.74) is 8.38. The van der Waals surface area contributed by atoms with Crippen molar-refractivity contribution in [2.24, 2.45) is 0 Å². The highest BCUT2D eigenvalue weighted by molar-refractivity contribution is 7.16. The van der Waals surface area contributed by atoms with E-state index in [1.807, 2.05) is 0 Å². The van der Waals surface area contributed by atoms with Gasteiger partial charge in [-0.3, -0.25) is 0 Å². The molecule has 0 bridgehead atoms. The topological polar surface area (TPSA) is 80.0 Å². The number of nitrogens with two attached hydrogens (primary N) is 1. The quantitative estimate of drug-likeness (QED) is 0.765. The molecule has 17 heavy (non-hydrogen) atoms. The fourth-order valence-electron chi connectivity index (χ4n) is 2.11. The first-order valence-electron chi connectivity index (χ1n) is 5.59. The second-order valence-electron chi connectivity index (χ2n) is 4.21. The van der Waals surface area contributed by atoms with E-state index in [0.717, 1.165) is 35.8 Å². The maximum absolute atomic E-state index is 5.74. The fourth-order valence-corrected chi connectivity index (χ4v) is 2.77. The number of nitrogen functional groups attached to an aromatic ring is 1. The lowest BCUT2D eigenvalue weighted by atomic mass is 10.2. The third-order valence-corrected chi connectivity index (χ3v) is 3.58. The number of anilines is 2. The SMILES string of the molecule is CC1CN(c2nc(N)nc3scnc23)CCN1. The van der Waals surface area contributed by atoms with Crippen molar-refractivity contribution in [2.75, 3.05) is 30.3 Å².